The number of allylic oxidation sites excluding steroid dienone is 10. The fraction of sp³-hybridized carbons (Fsp3) is 0.786. The maximum Gasteiger partial charge on any atom is 0.472 e. The molecule has 0 aromatic carbocycles. The van der Waals surface area contributed by atoms with Gasteiger partial charge in [-0.1, -0.05) is 216 Å². The smallest absolute Gasteiger partial charge is 0.472 e. The van der Waals surface area contributed by atoms with Crippen LogP contribution in [-0.2, 0) is 32.7 Å². The van der Waals surface area contributed by atoms with Gasteiger partial charge >= 0.3 is 19.8 Å². The maximum absolute atomic E-state index is 12.7. The number of carboxylic acids is 1. The first kappa shape index (κ1) is 64.7. The van der Waals surface area contributed by atoms with Crippen molar-refractivity contribution >= 4 is 19.8 Å². The van der Waals surface area contributed by atoms with Gasteiger partial charge in [-0.15, -0.1) is 0 Å². The van der Waals surface area contributed by atoms with E-state index in [2.05, 4.69) is 74.6 Å². The summed E-state index contributed by atoms with van der Waals surface area (Å²) in [5.74, 6) is -1.78. The minimum absolute atomic E-state index is 0.00819. The lowest BCUT2D eigenvalue weighted by Gasteiger charge is -2.20. The Morgan fingerprint density at radius 3 is 1.22 bits per heavy atom. The molecule has 0 heterocycles. The monoisotopic (exact) mass is 964 g/mol. The zero-order valence-electron chi connectivity index (χ0n) is 43.0. The van der Waals surface area contributed by atoms with E-state index in [1.165, 1.54) is 154 Å². The van der Waals surface area contributed by atoms with Crippen LogP contribution in [0.1, 0.15) is 245 Å². The Morgan fingerprint density at radius 2 is 0.821 bits per heavy atom. The van der Waals surface area contributed by atoms with Crippen molar-refractivity contribution in [1.29, 1.82) is 0 Å². The summed E-state index contributed by atoms with van der Waals surface area (Å²) in [5, 5.41) is 8.94. The number of carbonyl (C=O) groups excluding carboxylic acids is 1. The number of esters is 1. The molecule has 67 heavy (non-hydrogen) atoms. The van der Waals surface area contributed by atoms with Crippen LogP contribution in [0.5, 0.6) is 0 Å². The van der Waals surface area contributed by atoms with E-state index < -0.39 is 45.1 Å². The predicted octanol–water partition coefficient (Wildman–Crippen LogP) is 16.3. The molecule has 0 aromatic heterocycles. The number of nitrogens with two attached hydrogens (primary N) is 1. The minimum atomic E-state index is -4.63. The highest BCUT2D eigenvalue weighted by Gasteiger charge is 2.27. The molecule has 390 valence electrons. The second kappa shape index (κ2) is 51.5. The molecule has 10 nitrogen and oxygen atoms in total. The summed E-state index contributed by atoms with van der Waals surface area (Å²) >= 11 is 0. The third-order valence-electron chi connectivity index (χ3n) is 11.8. The summed E-state index contributed by atoms with van der Waals surface area (Å²) in [5.41, 5.74) is 5.38. The minimum Gasteiger partial charge on any atom is -0.480 e. The van der Waals surface area contributed by atoms with Crippen molar-refractivity contribution in [2.24, 2.45) is 5.73 Å². The van der Waals surface area contributed by atoms with Crippen molar-refractivity contribution < 1.29 is 42.7 Å². The van der Waals surface area contributed by atoms with Gasteiger partial charge in [0.25, 0.3) is 0 Å². The number of phosphoric acid groups is 1. The van der Waals surface area contributed by atoms with Crippen LogP contribution in [0.3, 0.4) is 0 Å². The molecule has 0 bridgehead atoms. The molecule has 0 rings (SSSR count). The number of carbonyl (C=O) groups is 2. The van der Waals surface area contributed by atoms with Crippen LogP contribution in [0.15, 0.2) is 60.8 Å². The Bertz CT molecular complexity index is 1300. The number of carboxylic acid groups (broad SMARTS) is 1. The highest BCUT2D eigenvalue weighted by molar-refractivity contribution is 7.47. The molecule has 0 aliphatic heterocycles. The lowest BCUT2D eigenvalue weighted by atomic mass is 10.0. The average molecular weight is 964 g/mol. The van der Waals surface area contributed by atoms with Gasteiger partial charge in [0.2, 0.25) is 0 Å². The summed E-state index contributed by atoms with van der Waals surface area (Å²) in [4.78, 5) is 33.8. The molecule has 0 aromatic rings. The van der Waals surface area contributed by atoms with E-state index in [1.54, 1.807) is 0 Å². The summed E-state index contributed by atoms with van der Waals surface area (Å²) in [6.45, 7) is 3.86. The van der Waals surface area contributed by atoms with Gasteiger partial charge in [0.05, 0.1) is 19.8 Å². The predicted molar refractivity (Wildman–Crippen MR) is 281 cm³/mol. The summed E-state index contributed by atoms with van der Waals surface area (Å²) in [6, 6.07) is -1.48. The summed E-state index contributed by atoms with van der Waals surface area (Å²) < 4.78 is 33.6. The van der Waals surface area contributed by atoms with Crippen LogP contribution in [0.2, 0.25) is 0 Å². The van der Waals surface area contributed by atoms with Crippen molar-refractivity contribution in [3.8, 4) is 0 Å². The number of unbranched alkanes of at least 4 members (excludes halogenated alkanes) is 28. The molecule has 0 aliphatic carbocycles. The van der Waals surface area contributed by atoms with Crippen molar-refractivity contribution in [1.82, 2.24) is 0 Å². The number of ether oxygens (including phenoxy) is 2. The van der Waals surface area contributed by atoms with Gasteiger partial charge < -0.3 is 25.2 Å². The molecule has 0 spiro atoms. The number of hydrogen-bond donors (Lipinski definition) is 3. The van der Waals surface area contributed by atoms with Crippen molar-refractivity contribution in [2.45, 2.75) is 257 Å². The Hall–Kier alpha value is -2.33. The van der Waals surface area contributed by atoms with Crippen LogP contribution in [-0.4, -0.2) is 60.5 Å². The van der Waals surface area contributed by atoms with E-state index in [-0.39, 0.29) is 13.0 Å². The van der Waals surface area contributed by atoms with Crippen molar-refractivity contribution in [3.05, 3.63) is 60.8 Å². The molecule has 3 atom stereocenters. The van der Waals surface area contributed by atoms with Gasteiger partial charge in [-0.2, -0.15) is 0 Å². The van der Waals surface area contributed by atoms with Crippen molar-refractivity contribution in [3.63, 3.8) is 0 Å². The fourth-order valence-corrected chi connectivity index (χ4v) is 8.30. The molecular formula is C56H102NO9P. The molecule has 0 amide bonds. The second-order valence-electron chi connectivity index (χ2n) is 18.4. The molecule has 4 N–H and O–H groups in total. The lowest BCUT2D eigenvalue weighted by Crippen LogP contribution is -2.34. The molecular weight excluding hydrogens is 862 g/mol. The SMILES string of the molecule is CCCCCCC/C=C\C/C=C\C/C=C\CCCCCCCCCOCC(COP(=O)(O)OCC(N)C(=O)O)OC(=O)CCCCCCCCCCCCC/C=C\C/C=C\CCCCCCC. The zero-order chi connectivity index (χ0) is 49.0. The third kappa shape index (κ3) is 51.4. The lowest BCUT2D eigenvalue weighted by molar-refractivity contribution is -0.154. The number of rotatable bonds is 52. The molecule has 3 unspecified atom stereocenters. The number of hydrogen-bond acceptors (Lipinski definition) is 8. The molecule has 0 saturated carbocycles. The first-order chi connectivity index (χ1) is 32.7. The molecule has 0 fully saturated rings. The van der Waals surface area contributed by atoms with E-state index >= 15 is 0 Å². The van der Waals surface area contributed by atoms with Crippen molar-refractivity contribution in [2.75, 3.05) is 26.4 Å². The summed E-state index contributed by atoms with van der Waals surface area (Å²) in [7, 11) is -4.63. The van der Waals surface area contributed by atoms with E-state index in [0.29, 0.717) is 13.0 Å². The van der Waals surface area contributed by atoms with Gasteiger partial charge in [0.15, 0.2) is 0 Å². The molecule has 0 aliphatic rings. The van der Waals surface area contributed by atoms with Crippen LogP contribution in [0, 0.1) is 0 Å². The molecule has 0 radical (unpaired) electrons. The molecule has 0 saturated heterocycles. The maximum atomic E-state index is 12.7. The van der Waals surface area contributed by atoms with Gasteiger partial charge in [-0.3, -0.25) is 18.6 Å². The standard InChI is InChI=1S/C56H102NO9P/c1-3-5-7-9-11-13-15-17-19-21-23-25-27-28-30-32-34-36-38-40-42-44-46-48-55(58)66-53(51-64-67(61,62)65-52-54(57)56(59)60)50-63-49-47-45-43-41-39-37-35-33-31-29-26-24-22-20-18-16-14-12-10-8-6-4-2/h15-18,21-24,29,31,53-54H,3-14,19-20,25-28,30,32-52,57H2,1-2H3,(H,59,60)(H,61,62)/b17-15-,18-16-,23-21-,24-22-,31-29-. The van der Waals surface area contributed by atoms with E-state index in [4.69, 9.17) is 29.4 Å². The van der Waals surface area contributed by atoms with Crippen LogP contribution in [0.4, 0.5) is 0 Å². The highest BCUT2D eigenvalue weighted by Crippen LogP contribution is 2.43. The largest absolute Gasteiger partial charge is 0.480 e. The Balaban J connectivity index is 4.14. The second-order valence-corrected chi connectivity index (χ2v) is 19.8. The van der Waals surface area contributed by atoms with Crippen LogP contribution >= 0.6 is 7.82 Å². The topological polar surface area (TPSA) is 155 Å². The molecule has 11 heteroatoms. The number of aliphatic carboxylic acids is 1. The van der Waals surface area contributed by atoms with Gasteiger partial charge in [0.1, 0.15) is 12.1 Å². The van der Waals surface area contributed by atoms with Gasteiger partial charge in [-0.25, -0.2) is 4.57 Å². The van der Waals surface area contributed by atoms with Crippen LogP contribution in [0.25, 0.3) is 0 Å². The van der Waals surface area contributed by atoms with E-state index in [0.717, 1.165) is 64.2 Å². The van der Waals surface area contributed by atoms with Gasteiger partial charge in [0, 0.05) is 13.0 Å². The number of phosphoric ester groups is 1. The quantitative estimate of drug-likeness (QED) is 0.0232. The fourth-order valence-electron chi connectivity index (χ4n) is 7.52. The third-order valence-corrected chi connectivity index (χ3v) is 12.7. The van der Waals surface area contributed by atoms with E-state index in [1.807, 2.05) is 0 Å². The van der Waals surface area contributed by atoms with Gasteiger partial charge in [-0.05, 0) is 83.5 Å². The van der Waals surface area contributed by atoms with E-state index in [9.17, 15) is 19.0 Å². The Morgan fingerprint density at radius 1 is 0.478 bits per heavy atom. The zero-order valence-corrected chi connectivity index (χ0v) is 43.9. The first-order valence-corrected chi connectivity index (χ1v) is 28.8. The summed E-state index contributed by atoms with van der Waals surface area (Å²) in [6.07, 6.45) is 64.2. The normalized spacial score (nSPS) is 14.1. The Kier molecular flexibility index (Phi) is 49.7. The Labute approximate surface area is 411 Å². The highest BCUT2D eigenvalue weighted by atomic mass is 31.2. The van der Waals surface area contributed by atoms with Crippen LogP contribution < -0.4 is 5.73 Å². The first-order valence-electron chi connectivity index (χ1n) is 27.3. The average Bonchev–Trinajstić information content (AvgIpc) is 3.31.